The number of aromatic nitrogens is 1. The molecule has 0 aliphatic carbocycles. The summed E-state index contributed by atoms with van der Waals surface area (Å²) in [5.41, 5.74) is 2.08. The lowest BCUT2D eigenvalue weighted by atomic mass is 10.0. The number of carbonyl (C=O) groups is 1. The van der Waals surface area contributed by atoms with E-state index in [1.165, 1.54) is 11.3 Å². The zero-order valence-electron chi connectivity index (χ0n) is 14.6. The summed E-state index contributed by atoms with van der Waals surface area (Å²) in [5.74, 6) is 1.54. The minimum Gasteiger partial charge on any atom is -0.493 e. The van der Waals surface area contributed by atoms with Gasteiger partial charge in [0.05, 0.1) is 26.7 Å². The summed E-state index contributed by atoms with van der Waals surface area (Å²) in [6, 6.07) is 5.97. The number of benzene rings is 1. The molecular weight excluding hydrogens is 356 g/mol. The smallest absolute Gasteiger partial charge is 0.228 e. The van der Waals surface area contributed by atoms with Gasteiger partial charge in [0.2, 0.25) is 5.91 Å². The Hall–Kier alpha value is -1.86. The number of nitrogens with zero attached hydrogens (tertiary/aromatic N) is 1. The molecule has 1 aromatic heterocycles. The van der Waals surface area contributed by atoms with Gasteiger partial charge in [-0.15, -0.1) is 11.3 Å². The van der Waals surface area contributed by atoms with Gasteiger partial charge in [-0.05, 0) is 49.7 Å². The van der Waals surface area contributed by atoms with Crippen LogP contribution in [0.25, 0.3) is 0 Å². The first-order valence-electron chi connectivity index (χ1n) is 8.23. The van der Waals surface area contributed by atoms with Crippen molar-refractivity contribution in [3.05, 3.63) is 38.3 Å². The Bertz CT molecular complexity index is 828. The molecule has 25 heavy (non-hydrogen) atoms. The van der Waals surface area contributed by atoms with Gasteiger partial charge in [0.25, 0.3) is 0 Å². The molecule has 2 aromatic rings. The fourth-order valence-corrected chi connectivity index (χ4v) is 4.60. The van der Waals surface area contributed by atoms with E-state index in [2.05, 4.69) is 4.98 Å². The minimum atomic E-state index is 0.0829. The van der Waals surface area contributed by atoms with Crippen LogP contribution in [0.3, 0.4) is 0 Å². The van der Waals surface area contributed by atoms with Gasteiger partial charge in [-0.3, -0.25) is 4.79 Å². The van der Waals surface area contributed by atoms with Gasteiger partial charge in [0.15, 0.2) is 15.5 Å². The molecule has 0 unspecified atom stereocenters. The van der Waals surface area contributed by atoms with Crippen LogP contribution in [0, 0.1) is 10.9 Å². The maximum absolute atomic E-state index is 12.9. The van der Waals surface area contributed by atoms with Crippen LogP contribution < -0.4 is 9.47 Å². The van der Waals surface area contributed by atoms with Gasteiger partial charge < -0.3 is 19.4 Å². The van der Waals surface area contributed by atoms with Gasteiger partial charge in [0.1, 0.15) is 0 Å². The summed E-state index contributed by atoms with van der Waals surface area (Å²) in [4.78, 5) is 19.0. The number of thiazole rings is 1. The number of ether oxygens (including phenoxy) is 2. The minimum absolute atomic E-state index is 0.0829. The van der Waals surface area contributed by atoms with E-state index in [0.717, 1.165) is 39.5 Å². The number of likely N-dealkylation sites (tertiary alicyclic amines) is 1. The molecular formula is C18H22N2O3S2. The molecule has 7 heteroatoms. The normalized spacial score (nSPS) is 16.9. The summed E-state index contributed by atoms with van der Waals surface area (Å²) in [5, 5.41) is 0. The van der Waals surface area contributed by atoms with Gasteiger partial charge in [-0.25, -0.2) is 0 Å². The number of amides is 1. The van der Waals surface area contributed by atoms with E-state index >= 15 is 0 Å². The molecule has 0 bridgehead atoms. The Morgan fingerprint density at radius 2 is 2.12 bits per heavy atom. The number of nitrogens with one attached hydrogen (secondary N) is 1. The molecule has 5 nitrogen and oxygen atoms in total. The maximum atomic E-state index is 12.9. The molecule has 1 N–H and O–H groups in total. The van der Waals surface area contributed by atoms with E-state index in [1.54, 1.807) is 14.2 Å². The standard InChI is InChI=1S/C18H22N2O3S2/c1-11-16(25-18(24)19-11)10-17(21)20-8-4-5-13(20)12-6-7-14(22-2)15(9-12)23-3/h6-7,9,13H,4-5,8,10H2,1-3H3,(H,19,24)/t13-/m1/s1. The predicted molar refractivity (Wildman–Crippen MR) is 101 cm³/mol. The van der Waals surface area contributed by atoms with Crippen molar-refractivity contribution in [2.24, 2.45) is 0 Å². The lowest BCUT2D eigenvalue weighted by molar-refractivity contribution is -0.131. The van der Waals surface area contributed by atoms with Crippen molar-refractivity contribution in [2.45, 2.75) is 32.2 Å². The second-order valence-corrected chi connectivity index (χ2v) is 7.87. The SMILES string of the molecule is COc1ccc([C@H]2CCCN2C(=O)Cc2sc(=S)[nH]c2C)cc1OC. The van der Waals surface area contributed by atoms with Crippen LogP contribution in [-0.4, -0.2) is 36.6 Å². The molecule has 134 valence electrons. The highest BCUT2D eigenvalue weighted by molar-refractivity contribution is 7.73. The zero-order chi connectivity index (χ0) is 18.0. The first-order chi connectivity index (χ1) is 12.0. The van der Waals surface area contributed by atoms with E-state index in [9.17, 15) is 4.79 Å². The maximum Gasteiger partial charge on any atom is 0.228 e. The first kappa shape index (κ1) is 17.9. The number of hydrogen-bond acceptors (Lipinski definition) is 5. The quantitative estimate of drug-likeness (QED) is 0.798. The number of hydrogen-bond donors (Lipinski definition) is 1. The van der Waals surface area contributed by atoms with Gasteiger partial charge in [-0.1, -0.05) is 6.07 Å². The van der Waals surface area contributed by atoms with Gasteiger partial charge >= 0.3 is 0 Å². The lowest BCUT2D eigenvalue weighted by Gasteiger charge is -2.25. The van der Waals surface area contributed by atoms with Crippen molar-refractivity contribution in [3.63, 3.8) is 0 Å². The third-order valence-corrected chi connectivity index (χ3v) is 5.94. The molecule has 0 spiro atoms. The number of aryl methyl sites for hydroxylation is 1. The summed E-state index contributed by atoms with van der Waals surface area (Å²) in [6.07, 6.45) is 2.36. The third-order valence-electron chi connectivity index (χ3n) is 4.60. The molecule has 1 aliphatic heterocycles. The fourth-order valence-electron chi connectivity index (χ4n) is 3.32. The molecule has 1 fully saturated rings. The van der Waals surface area contributed by atoms with Crippen LogP contribution in [-0.2, 0) is 11.2 Å². The Morgan fingerprint density at radius 1 is 1.36 bits per heavy atom. The largest absolute Gasteiger partial charge is 0.493 e. The molecule has 1 aromatic carbocycles. The molecule has 1 saturated heterocycles. The average molecular weight is 379 g/mol. The van der Waals surface area contributed by atoms with Crippen LogP contribution in [0.15, 0.2) is 18.2 Å². The van der Waals surface area contributed by atoms with Crippen molar-refractivity contribution in [2.75, 3.05) is 20.8 Å². The number of aromatic amines is 1. The van der Waals surface area contributed by atoms with E-state index in [0.29, 0.717) is 17.9 Å². The van der Waals surface area contributed by atoms with Gasteiger partial charge in [-0.2, -0.15) is 0 Å². The number of methoxy groups -OCH3 is 2. The number of rotatable bonds is 5. The molecule has 1 atom stereocenters. The highest BCUT2D eigenvalue weighted by atomic mass is 32.1. The van der Waals surface area contributed by atoms with Crippen LogP contribution >= 0.6 is 23.6 Å². The Morgan fingerprint density at radius 3 is 2.76 bits per heavy atom. The van der Waals surface area contributed by atoms with Crippen molar-refractivity contribution in [1.82, 2.24) is 9.88 Å². The Kier molecular flexibility index (Phi) is 5.44. The fraction of sp³-hybridized carbons (Fsp3) is 0.444. The molecule has 1 aliphatic rings. The third kappa shape index (κ3) is 3.72. The molecule has 2 heterocycles. The lowest BCUT2D eigenvalue weighted by Crippen LogP contribution is -2.31. The second-order valence-electron chi connectivity index (χ2n) is 6.10. The van der Waals surface area contributed by atoms with Crippen molar-refractivity contribution in [1.29, 1.82) is 0 Å². The van der Waals surface area contributed by atoms with Crippen LogP contribution in [0.4, 0.5) is 0 Å². The summed E-state index contributed by atoms with van der Waals surface area (Å²) in [7, 11) is 3.25. The number of H-pyrrole nitrogens is 1. The van der Waals surface area contributed by atoms with E-state index in [1.807, 2.05) is 30.0 Å². The van der Waals surface area contributed by atoms with Crippen LogP contribution in [0.2, 0.25) is 0 Å². The van der Waals surface area contributed by atoms with E-state index < -0.39 is 0 Å². The van der Waals surface area contributed by atoms with Crippen molar-refractivity contribution in [3.8, 4) is 11.5 Å². The monoisotopic (exact) mass is 378 g/mol. The summed E-state index contributed by atoms with van der Waals surface area (Å²) < 4.78 is 11.4. The summed E-state index contributed by atoms with van der Waals surface area (Å²) in [6.45, 7) is 2.75. The van der Waals surface area contributed by atoms with E-state index in [-0.39, 0.29) is 11.9 Å². The van der Waals surface area contributed by atoms with Crippen molar-refractivity contribution < 1.29 is 14.3 Å². The average Bonchev–Trinajstić information content (AvgIpc) is 3.21. The molecule has 0 radical (unpaired) electrons. The molecule has 0 saturated carbocycles. The molecule has 1 amide bonds. The van der Waals surface area contributed by atoms with Crippen molar-refractivity contribution >= 4 is 29.5 Å². The Labute approximate surface area is 156 Å². The zero-order valence-corrected chi connectivity index (χ0v) is 16.3. The highest BCUT2D eigenvalue weighted by Gasteiger charge is 2.30. The second kappa shape index (κ2) is 7.58. The summed E-state index contributed by atoms with van der Waals surface area (Å²) >= 11 is 6.66. The molecule has 3 rings (SSSR count). The highest BCUT2D eigenvalue weighted by Crippen LogP contribution is 2.37. The van der Waals surface area contributed by atoms with Gasteiger partial charge in [0, 0.05) is 17.1 Å². The van der Waals surface area contributed by atoms with Crippen LogP contribution in [0.5, 0.6) is 11.5 Å². The van der Waals surface area contributed by atoms with E-state index in [4.69, 9.17) is 21.7 Å². The topological polar surface area (TPSA) is 54.6 Å². The predicted octanol–water partition coefficient (Wildman–Crippen LogP) is 4.04. The Balaban J connectivity index is 1.81. The first-order valence-corrected chi connectivity index (χ1v) is 9.46. The van der Waals surface area contributed by atoms with Crippen LogP contribution in [0.1, 0.15) is 35.0 Å². The number of carbonyl (C=O) groups excluding carboxylic acids is 1.